The molecule has 0 fully saturated rings. The van der Waals surface area contributed by atoms with Crippen molar-refractivity contribution in [3.05, 3.63) is 0 Å². The molecule has 0 amide bonds. The molecule has 16 heavy (non-hydrogen) atoms. The van der Waals surface area contributed by atoms with Gasteiger partial charge in [-0.2, -0.15) is 0 Å². The Labute approximate surface area is 99.5 Å². The zero-order valence-corrected chi connectivity index (χ0v) is 11.5. The molecule has 0 aromatic rings. The maximum absolute atomic E-state index is 11.6. The molecule has 0 rings (SSSR count). The van der Waals surface area contributed by atoms with E-state index in [0.717, 1.165) is 12.8 Å². The molecule has 0 aromatic heterocycles. The summed E-state index contributed by atoms with van der Waals surface area (Å²) in [5.74, 6) is 0.407. The number of carbonyl (C=O) groups excluding carboxylic acids is 1. The molecule has 0 saturated carbocycles. The molecule has 3 nitrogen and oxygen atoms in total. The highest BCUT2D eigenvalue weighted by atomic mass is 16.7. The van der Waals surface area contributed by atoms with E-state index in [2.05, 4.69) is 13.8 Å². The predicted molar refractivity (Wildman–Crippen MR) is 65.0 cm³/mol. The van der Waals surface area contributed by atoms with Gasteiger partial charge in [0.2, 0.25) is 0 Å². The number of rotatable bonds is 7. The number of hydrogen-bond acceptors (Lipinski definition) is 3. The van der Waals surface area contributed by atoms with Crippen LogP contribution in [0.2, 0.25) is 0 Å². The van der Waals surface area contributed by atoms with E-state index in [4.69, 9.17) is 9.47 Å². The van der Waals surface area contributed by atoms with Crippen molar-refractivity contribution < 1.29 is 14.3 Å². The van der Waals surface area contributed by atoms with Gasteiger partial charge in [-0.3, -0.25) is 4.79 Å². The van der Waals surface area contributed by atoms with Crippen LogP contribution in [0.5, 0.6) is 0 Å². The lowest BCUT2D eigenvalue weighted by Gasteiger charge is -2.21. The Balaban J connectivity index is 3.78. The first-order chi connectivity index (χ1) is 7.29. The van der Waals surface area contributed by atoms with Crippen molar-refractivity contribution in [2.45, 2.75) is 60.5 Å². The molecule has 3 heteroatoms. The molecule has 1 atom stereocenters. The molecule has 0 saturated heterocycles. The minimum atomic E-state index is -0.412. The summed E-state index contributed by atoms with van der Waals surface area (Å²) in [5, 5.41) is 0. The monoisotopic (exact) mass is 230 g/mol. The molecule has 0 aliphatic rings. The zero-order chi connectivity index (χ0) is 12.8. The predicted octanol–water partition coefficient (Wildman–Crippen LogP) is 3.37. The highest BCUT2D eigenvalue weighted by Gasteiger charge is 2.27. The van der Waals surface area contributed by atoms with Crippen LogP contribution in [0.1, 0.15) is 54.4 Å². The van der Waals surface area contributed by atoms with Gasteiger partial charge in [-0.05, 0) is 39.5 Å². The molecule has 0 bridgehead atoms. The highest BCUT2D eigenvalue weighted by molar-refractivity contribution is 5.75. The maximum Gasteiger partial charge on any atom is 0.313 e. The first kappa shape index (κ1) is 15.4. The summed E-state index contributed by atoms with van der Waals surface area (Å²) in [4.78, 5) is 11.6. The van der Waals surface area contributed by atoms with Gasteiger partial charge in [-0.25, -0.2) is 0 Å². The number of carbonyl (C=O) groups is 1. The van der Waals surface area contributed by atoms with Crippen molar-refractivity contribution in [3.63, 3.8) is 0 Å². The van der Waals surface area contributed by atoms with E-state index >= 15 is 0 Å². The van der Waals surface area contributed by atoms with Crippen LogP contribution < -0.4 is 0 Å². The zero-order valence-electron chi connectivity index (χ0n) is 11.5. The van der Waals surface area contributed by atoms with Gasteiger partial charge in [0.05, 0.1) is 11.5 Å². The Kier molecular flexibility index (Phi) is 6.65. The van der Waals surface area contributed by atoms with Gasteiger partial charge in [0, 0.05) is 0 Å². The fraction of sp³-hybridized carbons (Fsp3) is 0.923. The van der Waals surface area contributed by atoms with Crippen LogP contribution in [0.25, 0.3) is 0 Å². The average molecular weight is 230 g/mol. The van der Waals surface area contributed by atoms with Crippen LogP contribution in [0.3, 0.4) is 0 Å². The van der Waals surface area contributed by atoms with Crippen molar-refractivity contribution >= 4 is 5.97 Å². The third-order valence-electron chi connectivity index (χ3n) is 2.78. The van der Waals surface area contributed by atoms with Gasteiger partial charge in [-0.15, -0.1) is 0 Å². The van der Waals surface area contributed by atoms with E-state index in [1.165, 1.54) is 0 Å². The van der Waals surface area contributed by atoms with E-state index in [1.54, 1.807) is 0 Å². The van der Waals surface area contributed by atoms with Crippen molar-refractivity contribution in [2.24, 2.45) is 11.3 Å². The fourth-order valence-electron chi connectivity index (χ4n) is 1.28. The molecule has 0 aliphatic heterocycles. The fourth-order valence-corrected chi connectivity index (χ4v) is 1.28. The van der Waals surface area contributed by atoms with E-state index < -0.39 is 5.41 Å². The van der Waals surface area contributed by atoms with E-state index in [9.17, 15) is 4.79 Å². The van der Waals surface area contributed by atoms with Crippen molar-refractivity contribution in [3.8, 4) is 0 Å². The summed E-state index contributed by atoms with van der Waals surface area (Å²) in [6, 6.07) is 0. The van der Waals surface area contributed by atoms with Crippen LogP contribution in [-0.4, -0.2) is 18.9 Å². The van der Waals surface area contributed by atoms with Crippen LogP contribution in [0.4, 0.5) is 0 Å². The summed E-state index contributed by atoms with van der Waals surface area (Å²) in [7, 11) is 0. The summed E-state index contributed by atoms with van der Waals surface area (Å²) >= 11 is 0. The number of ether oxygens (including phenoxy) is 2. The van der Waals surface area contributed by atoms with Crippen LogP contribution in [0.15, 0.2) is 0 Å². The Bertz CT molecular complexity index is 209. The molecule has 0 heterocycles. The van der Waals surface area contributed by atoms with Crippen molar-refractivity contribution in [2.75, 3.05) is 6.79 Å². The molecule has 0 spiro atoms. The van der Waals surface area contributed by atoms with Crippen LogP contribution in [-0.2, 0) is 14.3 Å². The van der Waals surface area contributed by atoms with Gasteiger partial charge in [0.1, 0.15) is 0 Å². The van der Waals surface area contributed by atoms with Gasteiger partial charge < -0.3 is 9.47 Å². The molecular formula is C13H26O3. The third kappa shape index (κ3) is 6.11. The largest absolute Gasteiger partial charge is 0.438 e. The Morgan fingerprint density at radius 3 is 2.25 bits per heavy atom. The summed E-state index contributed by atoms with van der Waals surface area (Å²) in [6.07, 6.45) is 1.89. The van der Waals surface area contributed by atoms with E-state index in [1.807, 2.05) is 27.7 Å². The van der Waals surface area contributed by atoms with E-state index in [0.29, 0.717) is 5.92 Å². The maximum atomic E-state index is 11.6. The summed E-state index contributed by atoms with van der Waals surface area (Å²) in [6.45, 7) is 12.1. The molecule has 0 N–H and O–H groups in total. The molecule has 0 aliphatic carbocycles. The smallest absolute Gasteiger partial charge is 0.313 e. The third-order valence-corrected chi connectivity index (χ3v) is 2.78. The normalized spacial score (nSPS) is 13.9. The van der Waals surface area contributed by atoms with Crippen LogP contribution in [0, 0.1) is 11.3 Å². The highest BCUT2D eigenvalue weighted by Crippen LogP contribution is 2.21. The minimum Gasteiger partial charge on any atom is -0.438 e. The number of esters is 1. The lowest BCUT2D eigenvalue weighted by atomic mass is 9.91. The minimum absolute atomic E-state index is 0.0656. The number of hydrogen-bond donors (Lipinski definition) is 0. The van der Waals surface area contributed by atoms with E-state index in [-0.39, 0.29) is 18.9 Å². The van der Waals surface area contributed by atoms with Gasteiger partial charge in [0.25, 0.3) is 0 Å². The second-order valence-corrected chi connectivity index (χ2v) is 5.39. The molecule has 0 aromatic carbocycles. The molecule has 1 unspecified atom stereocenters. The average Bonchev–Trinajstić information content (AvgIpc) is 2.16. The topological polar surface area (TPSA) is 35.5 Å². The summed E-state index contributed by atoms with van der Waals surface area (Å²) in [5.41, 5.74) is -0.412. The Morgan fingerprint density at radius 2 is 1.81 bits per heavy atom. The standard InChI is InChI=1S/C13H26O3/c1-7-13(5,6)12(14)16-9-15-11(4)8-10(2)3/h10-11H,7-9H2,1-6H3. The lowest BCUT2D eigenvalue weighted by Crippen LogP contribution is -2.27. The van der Waals surface area contributed by atoms with Crippen molar-refractivity contribution in [1.82, 2.24) is 0 Å². The molecular weight excluding hydrogens is 204 g/mol. The Morgan fingerprint density at radius 1 is 1.25 bits per heavy atom. The molecule has 0 radical (unpaired) electrons. The van der Waals surface area contributed by atoms with Crippen LogP contribution >= 0.6 is 0 Å². The van der Waals surface area contributed by atoms with Gasteiger partial charge in [0.15, 0.2) is 6.79 Å². The van der Waals surface area contributed by atoms with Gasteiger partial charge in [-0.1, -0.05) is 20.8 Å². The Hall–Kier alpha value is -0.570. The summed E-state index contributed by atoms with van der Waals surface area (Å²) < 4.78 is 10.5. The second-order valence-electron chi connectivity index (χ2n) is 5.39. The lowest BCUT2D eigenvalue weighted by molar-refractivity contribution is -0.171. The first-order valence-corrected chi connectivity index (χ1v) is 6.08. The van der Waals surface area contributed by atoms with Crippen molar-refractivity contribution in [1.29, 1.82) is 0 Å². The second kappa shape index (κ2) is 6.89. The first-order valence-electron chi connectivity index (χ1n) is 6.08. The SMILES string of the molecule is CCC(C)(C)C(=O)OCOC(C)CC(C)C. The quantitative estimate of drug-likeness (QED) is 0.497. The van der Waals surface area contributed by atoms with Gasteiger partial charge >= 0.3 is 5.97 Å². The molecule has 96 valence electrons.